The average molecular weight is 264 g/mol. The highest BCUT2D eigenvalue weighted by Crippen LogP contribution is 2.22. The van der Waals surface area contributed by atoms with E-state index in [2.05, 4.69) is 19.2 Å². The fraction of sp³-hybridized carbons (Fsp3) is 0.533. The number of benzene rings is 1. The fourth-order valence-corrected chi connectivity index (χ4v) is 2.08. The quantitative estimate of drug-likeness (QED) is 0.801. The predicted molar refractivity (Wildman–Crippen MR) is 78.3 cm³/mol. The third kappa shape index (κ3) is 3.70. The van der Waals surface area contributed by atoms with Crippen LogP contribution in [0.25, 0.3) is 0 Å². The van der Waals surface area contributed by atoms with Crippen LogP contribution in [0, 0.1) is 12.8 Å². The first kappa shape index (κ1) is 15.5. The lowest BCUT2D eigenvalue weighted by molar-refractivity contribution is 0.0738. The minimum Gasteiger partial charge on any atom is -0.398 e. The number of nitrogens with one attached hydrogen (secondary N) is 1. The van der Waals surface area contributed by atoms with Crippen LogP contribution >= 0.6 is 0 Å². The standard InChI is InChI=1S/C15H24N2O2/c1-9(11(3)19-5)6-12-7-10(2)14(16)13(8-12)15(18)17-4/h7-9,11H,6,16H2,1-5H3,(H,17,18). The van der Waals surface area contributed by atoms with Gasteiger partial charge in [0.05, 0.1) is 11.7 Å². The van der Waals surface area contributed by atoms with Crippen LogP contribution in [0.5, 0.6) is 0 Å². The lowest BCUT2D eigenvalue weighted by Crippen LogP contribution is -2.21. The van der Waals surface area contributed by atoms with Gasteiger partial charge in [-0.25, -0.2) is 0 Å². The van der Waals surface area contributed by atoms with Crippen LogP contribution < -0.4 is 11.1 Å². The molecule has 0 radical (unpaired) electrons. The Morgan fingerprint density at radius 2 is 2.05 bits per heavy atom. The monoisotopic (exact) mass is 264 g/mol. The van der Waals surface area contributed by atoms with E-state index in [-0.39, 0.29) is 12.0 Å². The molecule has 0 aromatic heterocycles. The van der Waals surface area contributed by atoms with Gasteiger partial charge in [-0.05, 0) is 43.4 Å². The Kier molecular flexibility index (Phi) is 5.36. The predicted octanol–water partition coefficient (Wildman–Crippen LogP) is 2.15. The highest BCUT2D eigenvalue weighted by atomic mass is 16.5. The molecule has 4 heteroatoms. The highest BCUT2D eigenvalue weighted by molar-refractivity contribution is 5.99. The summed E-state index contributed by atoms with van der Waals surface area (Å²) in [5, 5.41) is 2.62. The molecule has 1 aromatic carbocycles. The molecule has 1 amide bonds. The van der Waals surface area contributed by atoms with Crippen molar-refractivity contribution in [2.45, 2.75) is 33.3 Å². The number of anilines is 1. The second-order valence-electron chi connectivity index (χ2n) is 5.08. The molecule has 0 aliphatic heterocycles. The number of methoxy groups -OCH3 is 1. The molecule has 106 valence electrons. The molecular weight excluding hydrogens is 240 g/mol. The minimum absolute atomic E-state index is 0.144. The van der Waals surface area contributed by atoms with Crippen LogP contribution in [-0.4, -0.2) is 26.2 Å². The Balaban J connectivity index is 3.03. The number of amides is 1. The van der Waals surface area contributed by atoms with Crippen LogP contribution in [0.1, 0.15) is 35.3 Å². The molecule has 1 aromatic rings. The SMILES string of the molecule is CNC(=O)c1cc(CC(C)C(C)OC)cc(C)c1N. The van der Waals surface area contributed by atoms with Gasteiger partial charge in [0.25, 0.3) is 5.91 Å². The Hall–Kier alpha value is -1.55. The number of ether oxygens (including phenoxy) is 1. The molecule has 0 saturated heterocycles. The van der Waals surface area contributed by atoms with E-state index >= 15 is 0 Å². The fourth-order valence-electron chi connectivity index (χ4n) is 2.08. The normalized spacial score (nSPS) is 13.9. The van der Waals surface area contributed by atoms with Crippen molar-refractivity contribution in [1.82, 2.24) is 5.32 Å². The van der Waals surface area contributed by atoms with Crippen molar-refractivity contribution < 1.29 is 9.53 Å². The molecule has 0 saturated carbocycles. The summed E-state index contributed by atoms with van der Waals surface area (Å²) in [6.07, 6.45) is 1.04. The Morgan fingerprint density at radius 1 is 1.42 bits per heavy atom. The average Bonchev–Trinajstić information content (AvgIpc) is 2.40. The number of carbonyl (C=O) groups excluding carboxylic acids is 1. The highest BCUT2D eigenvalue weighted by Gasteiger charge is 2.16. The van der Waals surface area contributed by atoms with Gasteiger partial charge in [-0.1, -0.05) is 13.0 Å². The third-order valence-electron chi connectivity index (χ3n) is 3.65. The van der Waals surface area contributed by atoms with Crippen molar-refractivity contribution >= 4 is 11.6 Å². The number of nitrogen functional groups attached to an aromatic ring is 1. The van der Waals surface area contributed by atoms with Crippen LogP contribution in [-0.2, 0) is 11.2 Å². The second kappa shape index (κ2) is 6.57. The topological polar surface area (TPSA) is 64.3 Å². The first-order chi connectivity index (χ1) is 8.90. The summed E-state index contributed by atoms with van der Waals surface area (Å²) >= 11 is 0. The van der Waals surface area contributed by atoms with Crippen molar-refractivity contribution in [3.05, 3.63) is 28.8 Å². The summed E-state index contributed by atoms with van der Waals surface area (Å²) in [4.78, 5) is 11.8. The molecule has 0 spiro atoms. The molecule has 0 heterocycles. The van der Waals surface area contributed by atoms with Crippen LogP contribution in [0.4, 0.5) is 5.69 Å². The van der Waals surface area contributed by atoms with Crippen molar-refractivity contribution in [3.63, 3.8) is 0 Å². The lowest BCUT2D eigenvalue weighted by Gasteiger charge is -2.19. The van der Waals surface area contributed by atoms with E-state index in [1.807, 2.05) is 19.1 Å². The maximum Gasteiger partial charge on any atom is 0.253 e. The molecule has 0 fully saturated rings. The lowest BCUT2D eigenvalue weighted by atomic mass is 9.93. The van der Waals surface area contributed by atoms with E-state index in [1.54, 1.807) is 14.2 Å². The molecule has 3 N–H and O–H groups in total. The molecule has 0 aliphatic carbocycles. The van der Waals surface area contributed by atoms with Gasteiger partial charge in [0.2, 0.25) is 0 Å². The van der Waals surface area contributed by atoms with Gasteiger partial charge >= 0.3 is 0 Å². The number of hydrogen-bond donors (Lipinski definition) is 2. The van der Waals surface area contributed by atoms with E-state index in [1.165, 1.54) is 0 Å². The van der Waals surface area contributed by atoms with E-state index in [9.17, 15) is 4.79 Å². The molecule has 2 unspecified atom stereocenters. The number of carbonyl (C=O) groups is 1. The third-order valence-corrected chi connectivity index (χ3v) is 3.65. The van der Waals surface area contributed by atoms with Crippen molar-refractivity contribution in [1.29, 1.82) is 0 Å². The molecule has 0 bridgehead atoms. The zero-order chi connectivity index (χ0) is 14.6. The Labute approximate surface area is 115 Å². The van der Waals surface area contributed by atoms with E-state index in [0.717, 1.165) is 17.5 Å². The maximum absolute atomic E-state index is 11.8. The Morgan fingerprint density at radius 3 is 2.58 bits per heavy atom. The second-order valence-corrected chi connectivity index (χ2v) is 5.08. The van der Waals surface area contributed by atoms with Gasteiger partial charge in [-0.15, -0.1) is 0 Å². The number of rotatable bonds is 5. The largest absolute Gasteiger partial charge is 0.398 e. The van der Waals surface area contributed by atoms with Gasteiger partial charge in [0.15, 0.2) is 0 Å². The van der Waals surface area contributed by atoms with E-state index in [4.69, 9.17) is 10.5 Å². The van der Waals surface area contributed by atoms with E-state index in [0.29, 0.717) is 17.2 Å². The molecule has 2 atom stereocenters. The smallest absolute Gasteiger partial charge is 0.253 e. The van der Waals surface area contributed by atoms with Crippen molar-refractivity contribution in [3.8, 4) is 0 Å². The maximum atomic E-state index is 11.8. The van der Waals surface area contributed by atoms with Crippen molar-refractivity contribution in [2.75, 3.05) is 19.9 Å². The molecule has 1 rings (SSSR count). The minimum atomic E-state index is -0.144. The van der Waals surface area contributed by atoms with Gasteiger partial charge in [-0.2, -0.15) is 0 Å². The summed E-state index contributed by atoms with van der Waals surface area (Å²) in [6, 6.07) is 3.92. The molecular formula is C15H24N2O2. The molecule has 19 heavy (non-hydrogen) atoms. The van der Waals surface area contributed by atoms with Crippen molar-refractivity contribution in [2.24, 2.45) is 5.92 Å². The zero-order valence-electron chi connectivity index (χ0n) is 12.4. The Bertz CT molecular complexity index is 458. The summed E-state index contributed by atoms with van der Waals surface area (Å²) < 4.78 is 5.33. The number of aryl methyl sites for hydroxylation is 1. The van der Waals surface area contributed by atoms with Crippen LogP contribution in [0.2, 0.25) is 0 Å². The van der Waals surface area contributed by atoms with Crippen LogP contribution in [0.3, 0.4) is 0 Å². The zero-order valence-corrected chi connectivity index (χ0v) is 12.4. The summed E-state index contributed by atoms with van der Waals surface area (Å²) in [5.41, 5.74) is 9.11. The summed E-state index contributed by atoms with van der Waals surface area (Å²) in [7, 11) is 3.32. The van der Waals surface area contributed by atoms with Gasteiger partial charge < -0.3 is 15.8 Å². The van der Waals surface area contributed by atoms with E-state index < -0.39 is 0 Å². The summed E-state index contributed by atoms with van der Waals surface area (Å²) in [6.45, 7) is 6.11. The van der Waals surface area contributed by atoms with Gasteiger partial charge in [-0.3, -0.25) is 4.79 Å². The summed E-state index contributed by atoms with van der Waals surface area (Å²) in [5.74, 6) is 0.237. The number of nitrogens with two attached hydrogens (primary N) is 1. The van der Waals surface area contributed by atoms with Gasteiger partial charge in [0.1, 0.15) is 0 Å². The molecule has 0 aliphatic rings. The first-order valence-electron chi connectivity index (χ1n) is 6.54. The number of hydrogen-bond acceptors (Lipinski definition) is 3. The van der Waals surface area contributed by atoms with Crippen LogP contribution in [0.15, 0.2) is 12.1 Å². The first-order valence-corrected chi connectivity index (χ1v) is 6.54. The van der Waals surface area contributed by atoms with Gasteiger partial charge in [0, 0.05) is 19.8 Å². The molecule has 4 nitrogen and oxygen atoms in total.